The molecule has 0 spiro atoms. The van der Waals surface area contributed by atoms with Crippen molar-refractivity contribution >= 4 is 29.4 Å². The predicted molar refractivity (Wildman–Crippen MR) is 98.1 cm³/mol. The summed E-state index contributed by atoms with van der Waals surface area (Å²) < 4.78 is 13.5. The summed E-state index contributed by atoms with van der Waals surface area (Å²) in [6, 6.07) is 13.1. The Morgan fingerprint density at radius 2 is 1.80 bits per heavy atom. The van der Waals surface area contributed by atoms with E-state index < -0.39 is 17.8 Å². The van der Waals surface area contributed by atoms with Crippen molar-refractivity contribution in [3.05, 3.63) is 59.9 Å². The van der Waals surface area contributed by atoms with E-state index in [2.05, 4.69) is 10.6 Å². The molecule has 2 aromatic rings. The van der Waals surface area contributed by atoms with Gasteiger partial charge in [0.25, 0.3) is 0 Å². The van der Waals surface area contributed by atoms with E-state index in [1.54, 1.807) is 29.8 Å². The first kappa shape index (κ1) is 19.0. The molecule has 132 valence electrons. The minimum Gasteiger partial charge on any atom is -0.305 e. The summed E-state index contributed by atoms with van der Waals surface area (Å²) in [7, 11) is 1.79. The van der Waals surface area contributed by atoms with Crippen LogP contribution in [0, 0.1) is 5.82 Å². The summed E-state index contributed by atoms with van der Waals surface area (Å²) in [6.45, 7) is 0.631. The van der Waals surface area contributed by atoms with Crippen LogP contribution in [-0.4, -0.2) is 36.7 Å². The van der Waals surface area contributed by atoms with Crippen molar-refractivity contribution in [2.75, 3.05) is 25.2 Å². The Morgan fingerprint density at radius 1 is 1.12 bits per heavy atom. The number of imide groups is 1. The highest BCUT2D eigenvalue weighted by Gasteiger charge is 2.12. The zero-order valence-electron chi connectivity index (χ0n) is 14.1. The van der Waals surface area contributed by atoms with E-state index in [1.165, 1.54) is 23.1 Å². The predicted octanol–water partition coefficient (Wildman–Crippen LogP) is 3.33. The Hall–Kier alpha value is -2.38. The highest BCUT2D eigenvalue weighted by molar-refractivity contribution is 7.98. The van der Waals surface area contributed by atoms with Gasteiger partial charge in [-0.25, -0.2) is 9.18 Å². The lowest BCUT2D eigenvalue weighted by Gasteiger charge is -2.16. The van der Waals surface area contributed by atoms with Gasteiger partial charge in [0, 0.05) is 11.4 Å². The topological polar surface area (TPSA) is 61.4 Å². The number of urea groups is 1. The lowest BCUT2D eigenvalue weighted by Crippen LogP contribution is -2.40. The second-order valence-corrected chi connectivity index (χ2v) is 6.38. The number of carbonyl (C=O) groups excluding carboxylic acids is 2. The maximum absolute atomic E-state index is 13.5. The molecule has 2 aromatic carbocycles. The fourth-order valence-corrected chi connectivity index (χ4v) is 2.63. The van der Waals surface area contributed by atoms with Gasteiger partial charge in [-0.2, -0.15) is 0 Å². The molecule has 0 saturated carbocycles. The molecule has 0 radical (unpaired) electrons. The van der Waals surface area contributed by atoms with Crippen molar-refractivity contribution in [1.82, 2.24) is 10.2 Å². The van der Waals surface area contributed by atoms with E-state index in [0.717, 1.165) is 5.56 Å². The van der Waals surface area contributed by atoms with Crippen LogP contribution in [0.4, 0.5) is 14.9 Å². The molecular weight excluding hydrogens is 341 g/mol. The molecule has 0 aromatic heterocycles. The molecule has 2 rings (SSSR count). The van der Waals surface area contributed by atoms with E-state index >= 15 is 0 Å². The molecule has 0 fully saturated rings. The second kappa shape index (κ2) is 9.19. The molecule has 0 aliphatic rings. The van der Waals surface area contributed by atoms with Gasteiger partial charge in [-0.1, -0.05) is 24.3 Å². The summed E-state index contributed by atoms with van der Waals surface area (Å²) in [5.74, 6) is -1.02. The van der Waals surface area contributed by atoms with Crippen molar-refractivity contribution < 1.29 is 14.0 Å². The number of likely N-dealkylation sites (N-methyl/N-ethyl adjacent to an activating group) is 1. The first-order valence-corrected chi connectivity index (χ1v) is 8.87. The van der Waals surface area contributed by atoms with Crippen molar-refractivity contribution in [2.24, 2.45) is 0 Å². The molecule has 3 amide bonds. The van der Waals surface area contributed by atoms with Gasteiger partial charge in [-0.05, 0) is 43.1 Å². The Labute approximate surface area is 150 Å². The molecule has 0 heterocycles. The monoisotopic (exact) mass is 361 g/mol. The van der Waals surface area contributed by atoms with Crippen LogP contribution in [0.2, 0.25) is 0 Å². The third-order valence-corrected chi connectivity index (χ3v) is 4.14. The van der Waals surface area contributed by atoms with Crippen LogP contribution in [0.15, 0.2) is 53.4 Å². The van der Waals surface area contributed by atoms with Crippen LogP contribution >= 0.6 is 11.8 Å². The lowest BCUT2D eigenvalue weighted by molar-refractivity contribution is -0.120. The van der Waals surface area contributed by atoms with Gasteiger partial charge in [0.2, 0.25) is 5.91 Å². The quantitative estimate of drug-likeness (QED) is 0.775. The van der Waals surface area contributed by atoms with Gasteiger partial charge in [-0.15, -0.1) is 11.8 Å². The number of benzene rings is 2. The Balaban J connectivity index is 1.80. The largest absolute Gasteiger partial charge is 0.326 e. The highest BCUT2D eigenvalue weighted by atomic mass is 32.2. The second-order valence-electron chi connectivity index (χ2n) is 5.50. The molecule has 2 N–H and O–H groups in total. The SMILES string of the molecule is CSc1ccc(CN(C)CC(=O)NC(=O)Nc2ccccc2F)cc1. The zero-order valence-corrected chi connectivity index (χ0v) is 14.9. The van der Waals surface area contributed by atoms with E-state index in [-0.39, 0.29) is 12.2 Å². The smallest absolute Gasteiger partial charge is 0.305 e. The van der Waals surface area contributed by atoms with Crippen LogP contribution in [-0.2, 0) is 11.3 Å². The van der Waals surface area contributed by atoms with Crippen molar-refractivity contribution in [3.8, 4) is 0 Å². The normalized spacial score (nSPS) is 10.6. The van der Waals surface area contributed by atoms with Gasteiger partial charge in [0.1, 0.15) is 5.82 Å². The molecule has 7 heteroatoms. The van der Waals surface area contributed by atoms with E-state index in [1.807, 2.05) is 30.5 Å². The molecule has 0 saturated heterocycles. The molecule has 25 heavy (non-hydrogen) atoms. The fraction of sp³-hybridized carbons (Fsp3) is 0.222. The summed E-state index contributed by atoms with van der Waals surface area (Å²) in [4.78, 5) is 26.6. The summed E-state index contributed by atoms with van der Waals surface area (Å²) in [5.41, 5.74) is 1.10. The number of carbonyl (C=O) groups is 2. The number of thioether (sulfide) groups is 1. The first-order chi connectivity index (χ1) is 12.0. The van der Waals surface area contributed by atoms with Crippen molar-refractivity contribution in [3.63, 3.8) is 0 Å². The van der Waals surface area contributed by atoms with Gasteiger partial charge in [-0.3, -0.25) is 15.0 Å². The van der Waals surface area contributed by atoms with Crippen molar-refractivity contribution in [2.45, 2.75) is 11.4 Å². The molecule has 0 atom stereocenters. The zero-order chi connectivity index (χ0) is 18.2. The maximum Gasteiger partial charge on any atom is 0.326 e. The van der Waals surface area contributed by atoms with Gasteiger partial charge >= 0.3 is 6.03 Å². The molecule has 0 unspecified atom stereocenters. The lowest BCUT2D eigenvalue weighted by atomic mass is 10.2. The van der Waals surface area contributed by atoms with Gasteiger partial charge in [0.15, 0.2) is 0 Å². The third-order valence-electron chi connectivity index (χ3n) is 3.40. The number of rotatable bonds is 6. The summed E-state index contributed by atoms with van der Waals surface area (Å²) >= 11 is 1.67. The minimum atomic E-state index is -0.757. The van der Waals surface area contributed by atoms with Crippen LogP contribution < -0.4 is 10.6 Å². The average Bonchev–Trinajstić information content (AvgIpc) is 2.57. The number of nitrogens with one attached hydrogen (secondary N) is 2. The van der Waals surface area contributed by atoms with Crippen LogP contribution in [0.5, 0.6) is 0 Å². The Bertz CT molecular complexity index is 737. The summed E-state index contributed by atoms with van der Waals surface area (Å²) in [5, 5.41) is 4.50. The number of para-hydroxylation sites is 1. The van der Waals surface area contributed by atoms with E-state index in [9.17, 15) is 14.0 Å². The molecular formula is C18H20FN3O2S. The van der Waals surface area contributed by atoms with Crippen molar-refractivity contribution in [1.29, 1.82) is 0 Å². The number of hydrogen-bond acceptors (Lipinski definition) is 4. The minimum absolute atomic E-state index is 0.0232. The van der Waals surface area contributed by atoms with Crippen LogP contribution in [0.25, 0.3) is 0 Å². The first-order valence-electron chi connectivity index (χ1n) is 7.65. The third kappa shape index (κ3) is 6.21. The van der Waals surface area contributed by atoms with Crippen LogP contribution in [0.3, 0.4) is 0 Å². The Kier molecular flexibility index (Phi) is 6.97. The number of anilines is 1. The number of amides is 3. The maximum atomic E-state index is 13.5. The van der Waals surface area contributed by atoms with Gasteiger partial charge < -0.3 is 5.32 Å². The highest BCUT2D eigenvalue weighted by Crippen LogP contribution is 2.15. The van der Waals surface area contributed by atoms with Crippen LogP contribution in [0.1, 0.15) is 5.56 Å². The Morgan fingerprint density at radius 3 is 2.44 bits per heavy atom. The standard InChI is InChI=1S/C18H20FN3O2S/c1-22(11-13-7-9-14(25-2)10-8-13)12-17(23)21-18(24)20-16-6-4-3-5-15(16)19/h3-10H,11-12H2,1-2H3,(H2,20,21,23,24). The molecule has 5 nitrogen and oxygen atoms in total. The van der Waals surface area contributed by atoms with E-state index in [0.29, 0.717) is 6.54 Å². The number of hydrogen-bond donors (Lipinski definition) is 2. The number of halogens is 1. The molecule has 0 aliphatic carbocycles. The summed E-state index contributed by atoms with van der Waals surface area (Å²) in [6.07, 6.45) is 2.01. The van der Waals surface area contributed by atoms with E-state index in [4.69, 9.17) is 0 Å². The number of nitrogens with zero attached hydrogens (tertiary/aromatic N) is 1. The average molecular weight is 361 g/mol. The molecule has 0 aliphatic heterocycles. The van der Waals surface area contributed by atoms with Gasteiger partial charge in [0.05, 0.1) is 12.2 Å². The fourth-order valence-electron chi connectivity index (χ4n) is 2.23. The molecule has 0 bridgehead atoms.